The van der Waals surface area contributed by atoms with Gasteiger partial charge in [-0.2, -0.15) is 0 Å². The first-order chi connectivity index (χ1) is 11.7. The number of aliphatic hydroxyl groups excluding tert-OH is 1. The van der Waals surface area contributed by atoms with Crippen LogP contribution in [-0.2, 0) is 11.2 Å². The molecule has 24 heavy (non-hydrogen) atoms. The zero-order chi connectivity index (χ0) is 16.8. The molecular formula is C20H23NO3. The van der Waals surface area contributed by atoms with Crippen LogP contribution in [0.25, 0.3) is 0 Å². The van der Waals surface area contributed by atoms with E-state index < -0.39 is 6.10 Å². The molecule has 0 bridgehead atoms. The van der Waals surface area contributed by atoms with Crippen molar-refractivity contribution in [2.45, 2.75) is 31.3 Å². The minimum absolute atomic E-state index is 0.0242. The van der Waals surface area contributed by atoms with E-state index in [1.165, 1.54) is 0 Å². The Bertz CT molecular complexity index is 672. The van der Waals surface area contributed by atoms with E-state index in [1.807, 2.05) is 54.6 Å². The second-order valence-corrected chi connectivity index (χ2v) is 6.22. The van der Waals surface area contributed by atoms with Crippen LogP contribution < -0.4 is 10.1 Å². The number of hydrogen-bond donors (Lipinski definition) is 2. The Morgan fingerprint density at radius 1 is 1.17 bits per heavy atom. The van der Waals surface area contributed by atoms with Gasteiger partial charge in [-0.25, -0.2) is 0 Å². The first-order valence-corrected chi connectivity index (χ1v) is 8.43. The van der Waals surface area contributed by atoms with Gasteiger partial charge in [-0.3, -0.25) is 4.79 Å². The highest BCUT2D eigenvalue weighted by molar-refractivity contribution is 5.77. The number of rotatable bonds is 6. The smallest absolute Gasteiger partial charge is 0.220 e. The van der Waals surface area contributed by atoms with Crippen molar-refractivity contribution in [3.05, 3.63) is 65.7 Å². The maximum atomic E-state index is 12.2. The number of carbonyl (C=O) groups is 1. The van der Waals surface area contributed by atoms with Crippen LogP contribution in [0.4, 0.5) is 0 Å². The van der Waals surface area contributed by atoms with Crippen LogP contribution >= 0.6 is 0 Å². The number of amides is 1. The monoisotopic (exact) mass is 325 g/mol. The Morgan fingerprint density at radius 3 is 2.75 bits per heavy atom. The lowest BCUT2D eigenvalue weighted by Crippen LogP contribution is -2.34. The van der Waals surface area contributed by atoms with E-state index in [0.29, 0.717) is 19.4 Å². The van der Waals surface area contributed by atoms with Gasteiger partial charge in [0.1, 0.15) is 5.75 Å². The second kappa shape index (κ2) is 7.97. The molecule has 2 atom stereocenters. The number of ether oxygens (including phenoxy) is 1. The Balaban J connectivity index is 1.48. The van der Waals surface area contributed by atoms with E-state index in [-0.39, 0.29) is 18.4 Å². The predicted octanol–water partition coefficient (Wildman–Crippen LogP) is 2.66. The van der Waals surface area contributed by atoms with Crippen LogP contribution in [0.2, 0.25) is 0 Å². The number of carbonyl (C=O) groups excluding carboxylic acids is 1. The van der Waals surface area contributed by atoms with Crippen LogP contribution in [0.15, 0.2) is 54.6 Å². The molecule has 0 radical (unpaired) electrons. The summed E-state index contributed by atoms with van der Waals surface area (Å²) in [7, 11) is 0. The summed E-state index contributed by atoms with van der Waals surface area (Å²) in [4.78, 5) is 12.2. The maximum absolute atomic E-state index is 12.2. The van der Waals surface area contributed by atoms with Gasteiger partial charge in [-0.1, -0.05) is 48.5 Å². The molecule has 0 spiro atoms. The number of benzene rings is 2. The van der Waals surface area contributed by atoms with Crippen molar-refractivity contribution in [3.63, 3.8) is 0 Å². The van der Waals surface area contributed by atoms with Crippen molar-refractivity contribution < 1.29 is 14.6 Å². The number of nitrogens with one attached hydrogen (secondary N) is 1. The summed E-state index contributed by atoms with van der Waals surface area (Å²) in [6.07, 6.45) is 1.25. The van der Waals surface area contributed by atoms with Gasteiger partial charge in [0.05, 0.1) is 12.7 Å². The molecule has 126 valence electrons. The summed E-state index contributed by atoms with van der Waals surface area (Å²) in [5.41, 5.74) is 2.17. The van der Waals surface area contributed by atoms with E-state index >= 15 is 0 Å². The van der Waals surface area contributed by atoms with E-state index in [1.54, 1.807) is 0 Å². The summed E-state index contributed by atoms with van der Waals surface area (Å²) >= 11 is 0. The Kier molecular flexibility index (Phi) is 5.49. The molecule has 0 saturated heterocycles. The van der Waals surface area contributed by atoms with Crippen molar-refractivity contribution in [2.24, 2.45) is 0 Å². The molecule has 0 aromatic heterocycles. The summed E-state index contributed by atoms with van der Waals surface area (Å²) in [6, 6.07) is 17.7. The molecule has 1 aliphatic rings. The highest BCUT2D eigenvalue weighted by Gasteiger charge is 2.23. The third-order valence-electron chi connectivity index (χ3n) is 4.36. The van der Waals surface area contributed by atoms with Crippen molar-refractivity contribution in [1.29, 1.82) is 0 Å². The fraction of sp³-hybridized carbons (Fsp3) is 0.350. The topological polar surface area (TPSA) is 58.6 Å². The summed E-state index contributed by atoms with van der Waals surface area (Å²) in [6.45, 7) is 0.921. The normalized spacial score (nSPS) is 17.5. The first kappa shape index (κ1) is 16.5. The SMILES string of the molecule is O=C(C[C@H]1CCOc2ccccc21)NC[C@H](O)Cc1ccccc1. The molecule has 0 fully saturated rings. The van der Waals surface area contributed by atoms with Crippen molar-refractivity contribution in [1.82, 2.24) is 5.32 Å². The molecule has 0 saturated carbocycles. The van der Waals surface area contributed by atoms with Gasteiger partial charge in [0.2, 0.25) is 5.91 Å². The van der Waals surface area contributed by atoms with Gasteiger partial charge in [0.15, 0.2) is 0 Å². The fourth-order valence-electron chi connectivity index (χ4n) is 3.11. The number of hydrogen-bond acceptors (Lipinski definition) is 3. The molecule has 4 heteroatoms. The summed E-state index contributed by atoms with van der Waals surface area (Å²) in [5, 5.41) is 12.9. The van der Waals surface area contributed by atoms with E-state index in [9.17, 15) is 9.90 Å². The van der Waals surface area contributed by atoms with Gasteiger partial charge in [0.25, 0.3) is 0 Å². The Morgan fingerprint density at radius 2 is 1.92 bits per heavy atom. The molecule has 2 aromatic carbocycles. The highest BCUT2D eigenvalue weighted by Crippen LogP contribution is 2.35. The van der Waals surface area contributed by atoms with Gasteiger partial charge in [-0.05, 0) is 29.5 Å². The second-order valence-electron chi connectivity index (χ2n) is 6.22. The average molecular weight is 325 g/mol. The molecule has 2 N–H and O–H groups in total. The van der Waals surface area contributed by atoms with Crippen LogP contribution in [-0.4, -0.2) is 30.3 Å². The lowest BCUT2D eigenvalue weighted by Gasteiger charge is -2.25. The molecule has 2 aromatic rings. The first-order valence-electron chi connectivity index (χ1n) is 8.43. The summed E-state index contributed by atoms with van der Waals surface area (Å²) < 4.78 is 5.63. The maximum Gasteiger partial charge on any atom is 0.220 e. The van der Waals surface area contributed by atoms with E-state index in [4.69, 9.17) is 4.74 Å². The number of aliphatic hydroxyl groups is 1. The zero-order valence-corrected chi connectivity index (χ0v) is 13.7. The van der Waals surface area contributed by atoms with Crippen LogP contribution in [0.3, 0.4) is 0 Å². The molecule has 4 nitrogen and oxygen atoms in total. The quantitative estimate of drug-likeness (QED) is 0.858. The number of fused-ring (bicyclic) bond motifs is 1. The molecule has 3 rings (SSSR count). The molecule has 0 aliphatic carbocycles. The molecular weight excluding hydrogens is 302 g/mol. The van der Waals surface area contributed by atoms with Crippen LogP contribution in [0.1, 0.15) is 29.9 Å². The largest absolute Gasteiger partial charge is 0.493 e. The molecule has 1 heterocycles. The van der Waals surface area contributed by atoms with Gasteiger partial charge < -0.3 is 15.2 Å². The zero-order valence-electron chi connectivity index (χ0n) is 13.7. The van der Waals surface area contributed by atoms with Gasteiger partial charge >= 0.3 is 0 Å². The molecule has 0 unspecified atom stereocenters. The van der Waals surface area contributed by atoms with E-state index in [2.05, 4.69) is 5.32 Å². The van der Waals surface area contributed by atoms with Gasteiger partial charge in [-0.15, -0.1) is 0 Å². The minimum Gasteiger partial charge on any atom is -0.493 e. The van der Waals surface area contributed by atoms with Crippen molar-refractivity contribution in [2.75, 3.05) is 13.2 Å². The average Bonchev–Trinajstić information content (AvgIpc) is 2.61. The Hall–Kier alpha value is -2.33. The molecule has 1 aliphatic heterocycles. The van der Waals surface area contributed by atoms with E-state index in [0.717, 1.165) is 23.3 Å². The third-order valence-corrected chi connectivity index (χ3v) is 4.36. The van der Waals surface area contributed by atoms with Gasteiger partial charge in [0, 0.05) is 19.4 Å². The standard InChI is InChI=1S/C20H23NO3/c22-17(12-15-6-2-1-3-7-15)14-21-20(23)13-16-10-11-24-19-9-5-4-8-18(16)19/h1-9,16-17,22H,10-14H2,(H,21,23)/t16-,17-/m1/s1. The lowest BCUT2D eigenvalue weighted by molar-refractivity contribution is -0.122. The minimum atomic E-state index is -0.571. The summed E-state index contributed by atoms with van der Waals surface area (Å²) in [5.74, 6) is 1.04. The van der Waals surface area contributed by atoms with Crippen LogP contribution in [0.5, 0.6) is 5.75 Å². The fourth-order valence-corrected chi connectivity index (χ4v) is 3.11. The van der Waals surface area contributed by atoms with Crippen LogP contribution in [0, 0.1) is 0 Å². The predicted molar refractivity (Wildman–Crippen MR) is 93.1 cm³/mol. The highest BCUT2D eigenvalue weighted by atomic mass is 16.5. The Labute approximate surface area is 142 Å². The van der Waals surface area contributed by atoms with Crippen molar-refractivity contribution in [3.8, 4) is 5.75 Å². The van der Waals surface area contributed by atoms with Crippen molar-refractivity contribution >= 4 is 5.91 Å². The number of para-hydroxylation sites is 1. The lowest BCUT2D eigenvalue weighted by atomic mass is 9.90. The molecule has 1 amide bonds. The third kappa shape index (κ3) is 4.36.